The van der Waals surface area contributed by atoms with Gasteiger partial charge in [0.05, 0.1) is 7.11 Å². The molecule has 0 atom stereocenters. The van der Waals surface area contributed by atoms with Crippen molar-refractivity contribution in [3.63, 3.8) is 0 Å². The summed E-state index contributed by atoms with van der Waals surface area (Å²) in [5.41, 5.74) is 1.11. The van der Waals surface area contributed by atoms with Crippen molar-refractivity contribution in [1.29, 1.82) is 0 Å². The SMILES string of the molecule is COc1ncccc1CNC1CCN(c2ccccn2)CC1. The number of methoxy groups -OCH3 is 1. The Morgan fingerprint density at radius 2 is 1.95 bits per heavy atom. The summed E-state index contributed by atoms with van der Waals surface area (Å²) in [5, 5.41) is 3.62. The summed E-state index contributed by atoms with van der Waals surface area (Å²) < 4.78 is 5.29. The highest BCUT2D eigenvalue weighted by atomic mass is 16.5. The quantitative estimate of drug-likeness (QED) is 0.917. The second-order valence-corrected chi connectivity index (χ2v) is 5.50. The predicted octanol–water partition coefficient (Wildman–Crippen LogP) is 2.24. The van der Waals surface area contributed by atoms with Crippen molar-refractivity contribution in [2.45, 2.75) is 25.4 Å². The van der Waals surface area contributed by atoms with Gasteiger partial charge in [0.15, 0.2) is 0 Å². The fourth-order valence-corrected chi connectivity index (χ4v) is 2.85. The fourth-order valence-electron chi connectivity index (χ4n) is 2.85. The lowest BCUT2D eigenvalue weighted by Crippen LogP contribution is -2.42. The average molecular weight is 298 g/mol. The Labute approximate surface area is 131 Å². The van der Waals surface area contributed by atoms with Crippen LogP contribution in [0.25, 0.3) is 0 Å². The number of ether oxygens (including phenoxy) is 1. The molecule has 116 valence electrons. The van der Waals surface area contributed by atoms with Gasteiger partial charge in [0.2, 0.25) is 5.88 Å². The molecular weight excluding hydrogens is 276 g/mol. The van der Waals surface area contributed by atoms with Crippen molar-refractivity contribution in [1.82, 2.24) is 15.3 Å². The number of piperidine rings is 1. The lowest BCUT2D eigenvalue weighted by Gasteiger charge is -2.33. The third kappa shape index (κ3) is 3.54. The van der Waals surface area contributed by atoms with Crippen molar-refractivity contribution in [3.8, 4) is 5.88 Å². The summed E-state index contributed by atoms with van der Waals surface area (Å²) in [4.78, 5) is 11.0. The van der Waals surface area contributed by atoms with Gasteiger partial charge in [-0.3, -0.25) is 0 Å². The number of nitrogens with zero attached hydrogens (tertiary/aromatic N) is 3. The first-order valence-electron chi connectivity index (χ1n) is 7.74. The average Bonchev–Trinajstić information content (AvgIpc) is 2.61. The maximum absolute atomic E-state index is 5.29. The molecule has 1 aliphatic heterocycles. The lowest BCUT2D eigenvalue weighted by atomic mass is 10.0. The van der Waals surface area contributed by atoms with Crippen LogP contribution in [0.3, 0.4) is 0 Å². The molecule has 22 heavy (non-hydrogen) atoms. The first-order chi connectivity index (χ1) is 10.9. The molecule has 3 heterocycles. The van der Waals surface area contributed by atoms with E-state index in [1.807, 2.05) is 24.4 Å². The summed E-state index contributed by atoms with van der Waals surface area (Å²) in [7, 11) is 1.66. The smallest absolute Gasteiger partial charge is 0.217 e. The third-order valence-electron chi connectivity index (χ3n) is 4.09. The van der Waals surface area contributed by atoms with E-state index in [-0.39, 0.29) is 0 Å². The van der Waals surface area contributed by atoms with E-state index >= 15 is 0 Å². The van der Waals surface area contributed by atoms with Crippen molar-refractivity contribution in [2.75, 3.05) is 25.1 Å². The van der Waals surface area contributed by atoms with E-state index in [0.29, 0.717) is 11.9 Å². The zero-order chi connectivity index (χ0) is 15.2. The minimum atomic E-state index is 0.532. The molecule has 0 spiro atoms. The molecule has 0 saturated carbocycles. The van der Waals surface area contributed by atoms with Crippen molar-refractivity contribution in [3.05, 3.63) is 48.3 Å². The predicted molar refractivity (Wildman–Crippen MR) is 87.1 cm³/mol. The minimum absolute atomic E-state index is 0.532. The summed E-state index contributed by atoms with van der Waals surface area (Å²) in [6, 6.07) is 10.6. The number of hydrogen-bond acceptors (Lipinski definition) is 5. The molecule has 1 fully saturated rings. The van der Waals surface area contributed by atoms with Gasteiger partial charge in [-0.1, -0.05) is 12.1 Å². The van der Waals surface area contributed by atoms with Crippen molar-refractivity contribution >= 4 is 5.82 Å². The second kappa shape index (κ2) is 7.22. The Bertz CT molecular complexity index is 582. The summed E-state index contributed by atoms with van der Waals surface area (Å²) in [5.74, 6) is 1.79. The van der Waals surface area contributed by atoms with Gasteiger partial charge in [0.1, 0.15) is 5.82 Å². The van der Waals surface area contributed by atoms with E-state index in [9.17, 15) is 0 Å². The van der Waals surface area contributed by atoms with Crippen LogP contribution in [-0.2, 0) is 6.54 Å². The molecule has 0 unspecified atom stereocenters. The molecule has 0 radical (unpaired) electrons. The summed E-state index contributed by atoms with van der Waals surface area (Å²) in [6.07, 6.45) is 5.86. The Kier molecular flexibility index (Phi) is 4.85. The fraction of sp³-hybridized carbons (Fsp3) is 0.412. The molecule has 1 aliphatic rings. The molecule has 1 saturated heterocycles. The van der Waals surface area contributed by atoms with Gasteiger partial charge >= 0.3 is 0 Å². The normalized spacial score (nSPS) is 15.8. The third-order valence-corrected chi connectivity index (χ3v) is 4.09. The Balaban J connectivity index is 1.50. The summed E-state index contributed by atoms with van der Waals surface area (Å²) >= 11 is 0. The van der Waals surface area contributed by atoms with Crippen molar-refractivity contribution < 1.29 is 4.74 Å². The van der Waals surface area contributed by atoms with Gasteiger partial charge in [-0.2, -0.15) is 0 Å². The maximum Gasteiger partial charge on any atom is 0.217 e. The number of pyridine rings is 2. The van der Waals surface area contributed by atoms with Crippen LogP contribution in [0.2, 0.25) is 0 Å². The number of hydrogen-bond donors (Lipinski definition) is 1. The number of aromatic nitrogens is 2. The van der Waals surface area contributed by atoms with Crippen LogP contribution in [0.4, 0.5) is 5.82 Å². The Morgan fingerprint density at radius 3 is 2.68 bits per heavy atom. The monoisotopic (exact) mass is 298 g/mol. The Morgan fingerprint density at radius 1 is 1.14 bits per heavy atom. The molecule has 2 aromatic rings. The van der Waals surface area contributed by atoms with E-state index in [1.165, 1.54) is 0 Å². The zero-order valence-corrected chi connectivity index (χ0v) is 12.9. The van der Waals surface area contributed by atoms with Gasteiger partial charge in [-0.25, -0.2) is 9.97 Å². The number of rotatable bonds is 5. The van der Waals surface area contributed by atoms with Gasteiger partial charge in [0.25, 0.3) is 0 Å². The van der Waals surface area contributed by atoms with E-state index in [2.05, 4.69) is 32.3 Å². The van der Waals surface area contributed by atoms with Crippen LogP contribution < -0.4 is 15.0 Å². The zero-order valence-electron chi connectivity index (χ0n) is 12.9. The number of nitrogens with one attached hydrogen (secondary N) is 1. The first-order valence-corrected chi connectivity index (χ1v) is 7.74. The van der Waals surface area contributed by atoms with Crippen LogP contribution in [0.1, 0.15) is 18.4 Å². The standard InChI is InChI=1S/C17H22N4O/c1-22-17-14(5-4-10-19-17)13-20-15-7-11-21(12-8-15)16-6-2-3-9-18-16/h2-6,9-10,15,20H,7-8,11-13H2,1H3. The molecular formula is C17H22N4O. The molecule has 3 rings (SSSR count). The van der Waals surface area contributed by atoms with Gasteiger partial charge in [-0.05, 0) is 31.0 Å². The van der Waals surface area contributed by atoms with Crippen LogP contribution in [0.15, 0.2) is 42.7 Å². The van der Waals surface area contributed by atoms with E-state index < -0.39 is 0 Å². The van der Waals surface area contributed by atoms with E-state index in [4.69, 9.17) is 4.74 Å². The highest BCUT2D eigenvalue weighted by Gasteiger charge is 2.19. The molecule has 2 aromatic heterocycles. The lowest BCUT2D eigenvalue weighted by molar-refractivity contribution is 0.379. The van der Waals surface area contributed by atoms with Crippen LogP contribution in [-0.4, -0.2) is 36.2 Å². The first kappa shape index (κ1) is 14.8. The van der Waals surface area contributed by atoms with E-state index in [1.54, 1.807) is 13.3 Å². The molecule has 0 bridgehead atoms. The van der Waals surface area contributed by atoms with Crippen molar-refractivity contribution in [2.24, 2.45) is 0 Å². The highest BCUT2D eigenvalue weighted by Crippen LogP contribution is 2.18. The largest absolute Gasteiger partial charge is 0.481 e. The topological polar surface area (TPSA) is 50.3 Å². The van der Waals surface area contributed by atoms with Crippen LogP contribution >= 0.6 is 0 Å². The van der Waals surface area contributed by atoms with Crippen LogP contribution in [0.5, 0.6) is 5.88 Å². The van der Waals surface area contributed by atoms with Crippen LogP contribution in [0, 0.1) is 0 Å². The van der Waals surface area contributed by atoms with Gasteiger partial charge in [-0.15, -0.1) is 0 Å². The molecule has 1 N–H and O–H groups in total. The highest BCUT2D eigenvalue weighted by molar-refractivity contribution is 5.38. The summed E-state index contributed by atoms with van der Waals surface area (Å²) in [6.45, 7) is 2.88. The maximum atomic E-state index is 5.29. The molecule has 5 nitrogen and oxygen atoms in total. The molecule has 0 aliphatic carbocycles. The van der Waals surface area contributed by atoms with E-state index in [0.717, 1.165) is 43.9 Å². The molecule has 0 amide bonds. The second-order valence-electron chi connectivity index (χ2n) is 5.50. The van der Waals surface area contributed by atoms with Gasteiger partial charge in [0, 0.05) is 43.6 Å². The van der Waals surface area contributed by atoms with Gasteiger partial charge < -0.3 is 15.0 Å². The Hall–Kier alpha value is -2.14. The number of anilines is 1. The minimum Gasteiger partial charge on any atom is -0.481 e. The molecule has 0 aromatic carbocycles. The molecule has 5 heteroatoms.